The molecule has 2 aromatic rings. The van der Waals surface area contributed by atoms with Gasteiger partial charge < -0.3 is 24.9 Å². The molecule has 0 aliphatic carbocycles. The lowest BCUT2D eigenvalue weighted by atomic mass is 10.3. The third-order valence-electron chi connectivity index (χ3n) is 4.43. The van der Waals surface area contributed by atoms with E-state index in [4.69, 9.17) is 4.42 Å². The fourth-order valence-electron chi connectivity index (χ4n) is 2.98. The van der Waals surface area contributed by atoms with Gasteiger partial charge in [-0.05, 0) is 43.3 Å². The standard InChI is InChI=1S/C20H24FN5O3/c1-2-22-20(23-14-18(27)24-16-7-5-15(21)6-8-16)26-11-9-25(10-12-26)19(28)17-4-3-13-29-17/h3-8,13H,2,9-12,14H2,1H3,(H,22,23)(H,24,27). The zero-order chi connectivity index (χ0) is 20.6. The molecule has 1 saturated heterocycles. The molecule has 1 aliphatic heterocycles. The highest BCUT2D eigenvalue weighted by Crippen LogP contribution is 2.10. The van der Waals surface area contributed by atoms with E-state index in [2.05, 4.69) is 15.6 Å². The summed E-state index contributed by atoms with van der Waals surface area (Å²) in [5.74, 6) is 0.164. The molecule has 0 spiro atoms. The van der Waals surface area contributed by atoms with Crippen LogP contribution in [0.5, 0.6) is 0 Å². The van der Waals surface area contributed by atoms with Crippen LogP contribution in [-0.4, -0.2) is 66.8 Å². The molecule has 1 fully saturated rings. The molecule has 29 heavy (non-hydrogen) atoms. The van der Waals surface area contributed by atoms with Crippen LogP contribution in [0, 0.1) is 5.82 Å². The van der Waals surface area contributed by atoms with Gasteiger partial charge in [0.25, 0.3) is 5.91 Å². The van der Waals surface area contributed by atoms with Gasteiger partial charge in [0.2, 0.25) is 5.91 Å². The molecule has 0 saturated carbocycles. The number of hydrogen-bond acceptors (Lipinski definition) is 4. The van der Waals surface area contributed by atoms with Gasteiger partial charge in [-0.2, -0.15) is 0 Å². The molecule has 0 unspecified atom stereocenters. The van der Waals surface area contributed by atoms with Crippen molar-refractivity contribution < 1.29 is 18.4 Å². The van der Waals surface area contributed by atoms with Crippen LogP contribution in [0.1, 0.15) is 17.5 Å². The molecular formula is C20H24FN5O3. The average molecular weight is 401 g/mol. The van der Waals surface area contributed by atoms with E-state index in [1.54, 1.807) is 17.0 Å². The largest absolute Gasteiger partial charge is 0.459 e. The van der Waals surface area contributed by atoms with Crippen LogP contribution in [0.4, 0.5) is 10.1 Å². The second-order valence-electron chi connectivity index (χ2n) is 6.48. The van der Waals surface area contributed by atoms with Crippen LogP contribution < -0.4 is 10.6 Å². The van der Waals surface area contributed by atoms with E-state index in [-0.39, 0.29) is 24.2 Å². The highest BCUT2D eigenvalue weighted by Gasteiger charge is 2.25. The molecule has 2 amide bonds. The van der Waals surface area contributed by atoms with Gasteiger partial charge in [-0.1, -0.05) is 0 Å². The third kappa shape index (κ3) is 5.56. The van der Waals surface area contributed by atoms with Crippen molar-refractivity contribution in [3.8, 4) is 0 Å². The van der Waals surface area contributed by atoms with Gasteiger partial charge in [0, 0.05) is 38.4 Å². The lowest BCUT2D eigenvalue weighted by molar-refractivity contribution is -0.114. The summed E-state index contributed by atoms with van der Waals surface area (Å²) in [6, 6.07) is 8.91. The minimum atomic E-state index is -0.361. The predicted octanol–water partition coefficient (Wildman–Crippen LogP) is 1.78. The Hall–Kier alpha value is -3.36. The quantitative estimate of drug-likeness (QED) is 0.589. The van der Waals surface area contributed by atoms with E-state index < -0.39 is 0 Å². The third-order valence-corrected chi connectivity index (χ3v) is 4.43. The number of amides is 2. The van der Waals surface area contributed by atoms with Gasteiger partial charge in [0.1, 0.15) is 12.4 Å². The fourth-order valence-corrected chi connectivity index (χ4v) is 2.98. The number of nitrogens with zero attached hydrogens (tertiary/aromatic N) is 3. The molecule has 2 heterocycles. The highest BCUT2D eigenvalue weighted by molar-refractivity contribution is 5.94. The maximum atomic E-state index is 12.9. The first-order valence-electron chi connectivity index (χ1n) is 9.48. The van der Waals surface area contributed by atoms with Crippen LogP contribution in [0.2, 0.25) is 0 Å². The Balaban J connectivity index is 1.54. The van der Waals surface area contributed by atoms with Gasteiger partial charge in [0.15, 0.2) is 11.7 Å². The number of nitrogens with one attached hydrogen (secondary N) is 2. The number of halogens is 1. The van der Waals surface area contributed by atoms with Gasteiger partial charge in [0.05, 0.1) is 6.26 Å². The lowest BCUT2D eigenvalue weighted by Gasteiger charge is -2.36. The van der Waals surface area contributed by atoms with E-state index in [0.717, 1.165) is 0 Å². The van der Waals surface area contributed by atoms with E-state index in [0.29, 0.717) is 50.1 Å². The van der Waals surface area contributed by atoms with Crippen LogP contribution >= 0.6 is 0 Å². The van der Waals surface area contributed by atoms with Crippen molar-refractivity contribution in [3.05, 3.63) is 54.2 Å². The van der Waals surface area contributed by atoms with Crippen molar-refractivity contribution in [1.29, 1.82) is 0 Å². The molecule has 0 radical (unpaired) electrons. The molecule has 0 atom stereocenters. The number of benzene rings is 1. The Labute approximate surface area is 168 Å². The zero-order valence-electron chi connectivity index (χ0n) is 16.2. The fraction of sp³-hybridized carbons (Fsp3) is 0.350. The molecular weight excluding hydrogens is 377 g/mol. The highest BCUT2D eigenvalue weighted by atomic mass is 19.1. The first-order chi connectivity index (χ1) is 14.1. The summed E-state index contributed by atoms with van der Waals surface area (Å²) in [6.07, 6.45) is 1.48. The number of carbonyl (C=O) groups excluding carboxylic acids is 2. The Morgan fingerprint density at radius 1 is 1.10 bits per heavy atom. The Morgan fingerprint density at radius 3 is 2.41 bits per heavy atom. The molecule has 8 nitrogen and oxygen atoms in total. The number of carbonyl (C=O) groups is 2. The normalized spacial score (nSPS) is 14.6. The van der Waals surface area contributed by atoms with Crippen molar-refractivity contribution >= 4 is 23.5 Å². The van der Waals surface area contributed by atoms with Crippen LogP contribution in [0.15, 0.2) is 52.1 Å². The first-order valence-corrected chi connectivity index (χ1v) is 9.48. The van der Waals surface area contributed by atoms with Crippen molar-refractivity contribution in [3.63, 3.8) is 0 Å². The number of hydrogen-bond donors (Lipinski definition) is 2. The predicted molar refractivity (Wildman–Crippen MR) is 107 cm³/mol. The van der Waals surface area contributed by atoms with E-state index in [9.17, 15) is 14.0 Å². The topological polar surface area (TPSA) is 90.2 Å². The lowest BCUT2D eigenvalue weighted by Crippen LogP contribution is -2.53. The second-order valence-corrected chi connectivity index (χ2v) is 6.48. The molecule has 2 N–H and O–H groups in total. The molecule has 1 aromatic heterocycles. The molecule has 0 bridgehead atoms. The Kier molecular flexibility index (Phi) is 6.83. The molecule has 1 aromatic carbocycles. The number of guanidine groups is 1. The van der Waals surface area contributed by atoms with Gasteiger partial charge in [-0.25, -0.2) is 9.38 Å². The number of piperazine rings is 1. The summed E-state index contributed by atoms with van der Waals surface area (Å²) in [5, 5.41) is 5.86. The summed E-state index contributed by atoms with van der Waals surface area (Å²) in [4.78, 5) is 32.6. The number of rotatable bonds is 5. The van der Waals surface area contributed by atoms with Gasteiger partial charge in [-0.3, -0.25) is 9.59 Å². The zero-order valence-corrected chi connectivity index (χ0v) is 16.2. The van der Waals surface area contributed by atoms with Gasteiger partial charge in [-0.15, -0.1) is 0 Å². The summed E-state index contributed by atoms with van der Waals surface area (Å²) in [6.45, 7) is 4.80. The van der Waals surface area contributed by atoms with Crippen molar-refractivity contribution in [1.82, 2.24) is 15.1 Å². The number of anilines is 1. The summed E-state index contributed by atoms with van der Waals surface area (Å²) >= 11 is 0. The van der Waals surface area contributed by atoms with E-state index >= 15 is 0 Å². The first kappa shape index (κ1) is 20.4. The minimum Gasteiger partial charge on any atom is -0.459 e. The van der Waals surface area contributed by atoms with Crippen LogP contribution in [0.3, 0.4) is 0 Å². The summed E-state index contributed by atoms with van der Waals surface area (Å²) < 4.78 is 18.1. The maximum absolute atomic E-state index is 12.9. The molecule has 9 heteroatoms. The number of furan rings is 1. The van der Waals surface area contributed by atoms with E-state index in [1.165, 1.54) is 30.5 Å². The molecule has 3 rings (SSSR count). The molecule has 154 valence electrons. The second kappa shape index (κ2) is 9.72. The SMILES string of the molecule is CCNC(=NCC(=O)Nc1ccc(F)cc1)N1CCN(C(=O)c2ccco2)CC1. The van der Waals surface area contributed by atoms with Gasteiger partial charge >= 0.3 is 0 Å². The average Bonchev–Trinajstić information content (AvgIpc) is 3.27. The van der Waals surface area contributed by atoms with E-state index in [1.807, 2.05) is 11.8 Å². The minimum absolute atomic E-state index is 0.0642. The number of aliphatic imine (C=N–C) groups is 1. The Bertz CT molecular complexity index is 844. The van der Waals surface area contributed by atoms with Crippen molar-refractivity contribution in [2.24, 2.45) is 4.99 Å². The monoisotopic (exact) mass is 401 g/mol. The smallest absolute Gasteiger partial charge is 0.289 e. The molecule has 1 aliphatic rings. The maximum Gasteiger partial charge on any atom is 0.289 e. The Morgan fingerprint density at radius 2 is 1.79 bits per heavy atom. The van der Waals surface area contributed by atoms with Crippen molar-refractivity contribution in [2.45, 2.75) is 6.92 Å². The summed E-state index contributed by atoms with van der Waals surface area (Å²) in [7, 11) is 0. The van der Waals surface area contributed by atoms with Crippen LogP contribution in [-0.2, 0) is 4.79 Å². The van der Waals surface area contributed by atoms with Crippen molar-refractivity contribution in [2.75, 3.05) is 44.6 Å². The van der Waals surface area contributed by atoms with Crippen LogP contribution in [0.25, 0.3) is 0 Å². The summed E-state index contributed by atoms with van der Waals surface area (Å²) in [5.41, 5.74) is 0.515.